The lowest BCUT2D eigenvalue weighted by atomic mass is 10.1. The third-order valence-electron chi connectivity index (χ3n) is 2.16. The summed E-state index contributed by atoms with van der Waals surface area (Å²) < 4.78 is 0. The zero-order valence-corrected chi connectivity index (χ0v) is 9.64. The van der Waals surface area contributed by atoms with Gasteiger partial charge in [-0.25, -0.2) is 0 Å². The van der Waals surface area contributed by atoms with Gasteiger partial charge in [0.25, 0.3) is 5.91 Å². The molecular weight excluding hydrogens is 238 g/mol. The minimum absolute atomic E-state index is 0.174. The molecule has 0 bridgehead atoms. The molecule has 1 rings (SSSR count). The molecule has 0 aromatic heterocycles. The molecule has 96 valence electrons. The number of carboxylic acid groups (broad SMARTS) is 1. The van der Waals surface area contributed by atoms with Gasteiger partial charge in [0.1, 0.15) is 6.04 Å². The smallest absolute Gasteiger partial charge is 0.325 e. The summed E-state index contributed by atoms with van der Waals surface area (Å²) in [6, 6.07) is 3.25. The normalized spacial score (nSPS) is 11.4. The highest BCUT2D eigenvalue weighted by atomic mass is 16.4. The Morgan fingerprint density at radius 1 is 1.39 bits per heavy atom. The fourth-order valence-corrected chi connectivity index (χ4v) is 1.28. The van der Waals surface area contributed by atoms with Gasteiger partial charge in [0.05, 0.1) is 0 Å². The predicted octanol–water partition coefficient (Wildman–Crippen LogP) is 0.0400. The molecule has 18 heavy (non-hydrogen) atoms. The summed E-state index contributed by atoms with van der Waals surface area (Å²) in [6.07, 6.45) is 0.455. The van der Waals surface area contributed by atoms with Gasteiger partial charge >= 0.3 is 5.97 Å². The van der Waals surface area contributed by atoms with Gasteiger partial charge < -0.3 is 21.5 Å². The van der Waals surface area contributed by atoms with Crippen LogP contribution < -0.4 is 16.4 Å². The lowest BCUT2D eigenvalue weighted by Crippen LogP contribution is -2.38. The molecule has 5 N–H and O–H groups in total. The molecule has 0 heterocycles. The summed E-state index contributed by atoms with van der Waals surface area (Å²) in [5.41, 5.74) is 6.39. The van der Waals surface area contributed by atoms with Crippen LogP contribution in [0.5, 0.6) is 0 Å². The van der Waals surface area contributed by atoms with Gasteiger partial charge in [0.2, 0.25) is 6.41 Å². The summed E-state index contributed by atoms with van der Waals surface area (Å²) in [4.78, 5) is 32.6. The highest BCUT2D eigenvalue weighted by molar-refractivity contribution is 5.98. The Kier molecular flexibility index (Phi) is 4.25. The molecule has 0 aliphatic heterocycles. The number of rotatable bonds is 5. The van der Waals surface area contributed by atoms with E-state index in [1.165, 1.54) is 25.1 Å². The number of hydrogen-bond donors (Lipinski definition) is 4. The number of nitrogen functional groups attached to an aromatic ring is 1. The van der Waals surface area contributed by atoms with E-state index in [1.54, 1.807) is 0 Å². The first-order valence-electron chi connectivity index (χ1n) is 5.08. The van der Waals surface area contributed by atoms with Crippen molar-refractivity contribution in [1.29, 1.82) is 0 Å². The molecule has 2 amide bonds. The minimum Gasteiger partial charge on any atom is -0.480 e. The summed E-state index contributed by atoms with van der Waals surface area (Å²) in [5, 5.41) is 13.3. The number of hydrogen-bond acceptors (Lipinski definition) is 4. The van der Waals surface area contributed by atoms with E-state index in [1.807, 2.05) is 0 Å². The Labute approximate surface area is 103 Å². The Hall–Kier alpha value is -2.57. The maximum Gasteiger partial charge on any atom is 0.325 e. The third-order valence-corrected chi connectivity index (χ3v) is 2.16. The lowest BCUT2D eigenvalue weighted by Gasteiger charge is -2.10. The molecule has 0 saturated heterocycles. The summed E-state index contributed by atoms with van der Waals surface area (Å²) in [7, 11) is 0. The first-order chi connectivity index (χ1) is 8.43. The predicted molar refractivity (Wildman–Crippen MR) is 65.1 cm³/mol. The van der Waals surface area contributed by atoms with Crippen molar-refractivity contribution in [2.24, 2.45) is 0 Å². The molecule has 0 radical (unpaired) electrons. The number of nitrogens with one attached hydrogen (secondary N) is 2. The van der Waals surface area contributed by atoms with Crippen LogP contribution in [0.15, 0.2) is 18.2 Å². The molecule has 0 aliphatic rings. The van der Waals surface area contributed by atoms with Crippen LogP contribution in [-0.4, -0.2) is 29.4 Å². The fourth-order valence-electron chi connectivity index (χ4n) is 1.28. The number of carbonyl (C=O) groups excluding carboxylic acids is 2. The SMILES string of the molecule is CC(NC(=O)c1cc(N)cc(NC=O)c1)C(=O)O. The van der Waals surface area contributed by atoms with Gasteiger partial charge in [-0.05, 0) is 25.1 Å². The Bertz CT molecular complexity index is 487. The number of amides is 2. The molecule has 0 fully saturated rings. The molecule has 0 aliphatic carbocycles. The van der Waals surface area contributed by atoms with Crippen molar-refractivity contribution in [3.63, 3.8) is 0 Å². The van der Waals surface area contributed by atoms with E-state index >= 15 is 0 Å². The highest BCUT2D eigenvalue weighted by Crippen LogP contribution is 2.16. The first-order valence-corrected chi connectivity index (χ1v) is 5.08. The van der Waals surface area contributed by atoms with Gasteiger partial charge in [0, 0.05) is 16.9 Å². The molecular formula is C11H13N3O4. The maximum absolute atomic E-state index is 11.7. The summed E-state index contributed by atoms with van der Waals surface area (Å²) in [5.74, 6) is -1.72. The Balaban J connectivity index is 2.91. The Morgan fingerprint density at radius 2 is 2.06 bits per heavy atom. The van der Waals surface area contributed by atoms with Crippen molar-refractivity contribution in [2.45, 2.75) is 13.0 Å². The number of benzene rings is 1. The van der Waals surface area contributed by atoms with Crippen LogP contribution in [0.4, 0.5) is 11.4 Å². The topological polar surface area (TPSA) is 122 Å². The number of carbonyl (C=O) groups is 3. The van der Waals surface area contributed by atoms with E-state index in [9.17, 15) is 14.4 Å². The van der Waals surface area contributed by atoms with Crippen molar-refractivity contribution in [1.82, 2.24) is 5.32 Å². The van der Waals surface area contributed by atoms with E-state index in [4.69, 9.17) is 10.8 Å². The second-order valence-corrected chi connectivity index (χ2v) is 3.64. The van der Waals surface area contributed by atoms with E-state index < -0.39 is 17.9 Å². The zero-order chi connectivity index (χ0) is 13.7. The average Bonchev–Trinajstić information content (AvgIpc) is 2.28. The van der Waals surface area contributed by atoms with Crippen LogP contribution in [0, 0.1) is 0 Å². The highest BCUT2D eigenvalue weighted by Gasteiger charge is 2.15. The van der Waals surface area contributed by atoms with E-state index in [0.717, 1.165) is 0 Å². The van der Waals surface area contributed by atoms with Gasteiger partial charge in [-0.1, -0.05) is 0 Å². The Morgan fingerprint density at radius 3 is 2.61 bits per heavy atom. The standard InChI is InChI=1S/C11H13N3O4/c1-6(11(17)18)14-10(16)7-2-8(12)4-9(3-7)13-5-15/h2-6H,12H2,1H3,(H,13,15)(H,14,16)(H,17,18). The number of nitrogens with two attached hydrogens (primary N) is 1. The number of anilines is 2. The van der Waals surface area contributed by atoms with Crippen molar-refractivity contribution in [2.75, 3.05) is 11.1 Å². The molecule has 7 nitrogen and oxygen atoms in total. The molecule has 1 unspecified atom stereocenters. The summed E-state index contributed by atoms with van der Waals surface area (Å²) in [6.45, 7) is 1.34. The van der Waals surface area contributed by atoms with Gasteiger partial charge in [-0.3, -0.25) is 14.4 Å². The van der Waals surface area contributed by atoms with Crippen LogP contribution >= 0.6 is 0 Å². The number of carboxylic acids is 1. The second-order valence-electron chi connectivity index (χ2n) is 3.64. The second kappa shape index (κ2) is 5.67. The molecule has 1 aromatic rings. The number of aliphatic carboxylic acids is 1. The van der Waals surface area contributed by atoms with Gasteiger partial charge in [0.15, 0.2) is 0 Å². The largest absolute Gasteiger partial charge is 0.480 e. The molecule has 0 spiro atoms. The van der Waals surface area contributed by atoms with Gasteiger partial charge in [-0.2, -0.15) is 0 Å². The molecule has 1 aromatic carbocycles. The third kappa shape index (κ3) is 3.48. The first kappa shape index (κ1) is 13.5. The van der Waals surface area contributed by atoms with Gasteiger partial charge in [-0.15, -0.1) is 0 Å². The maximum atomic E-state index is 11.7. The van der Waals surface area contributed by atoms with Crippen LogP contribution in [-0.2, 0) is 9.59 Å². The van der Waals surface area contributed by atoms with Crippen LogP contribution in [0.2, 0.25) is 0 Å². The fraction of sp³-hybridized carbons (Fsp3) is 0.182. The molecule has 0 saturated carbocycles. The average molecular weight is 251 g/mol. The van der Waals surface area contributed by atoms with Crippen LogP contribution in [0.25, 0.3) is 0 Å². The van der Waals surface area contributed by atoms with Crippen molar-refractivity contribution in [3.05, 3.63) is 23.8 Å². The van der Waals surface area contributed by atoms with Crippen LogP contribution in [0.1, 0.15) is 17.3 Å². The zero-order valence-electron chi connectivity index (χ0n) is 9.64. The van der Waals surface area contributed by atoms with E-state index in [0.29, 0.717) is 12.1 Å². The van der Waals surface area contributed by atoms with Crippen LogP contribution in [0.3, 0.4) is 0 Å². The van der Waals surface area contributed by atoms with E-state index in [-0.39, 0.29) is 11.3 Å². The quantitative estimate of drug-likeness (QED) is 0.435. The van der Waals surface area contributed by atoms with E-state index in [2.05, 4.69) is 10.6 Å². The van der Waals surface area contributed by atoms with Crippen molar-refractivity contribution < 1.29 is 19.5 Å². The molecule has 7 heteroatoms. The van der Waals surface area contributed by atoms with Crippen molar-refractivity contribution >= 4 is 29.7 Å². The summed E-state index contributed by atoms with van der Waals surface area (Å²) >= 11 is 0. The minimum atomic E-state index is -1.14. The monoisotopic (exact) mass is 251 g/mol. The van der Waals surface area contributed by atoms with Crippen molar-refractivity contribution in [3.8, 4) is 0 Å². The molecule has 1 atom stereocenters. The lowest BCUT2D eigenvalue weighted by molar-refractivity contribution is -0.138.